The highest BCUT2D eigenvalue weighted by Crippen LogP contribution is 2.37. The molecule has 0 spiro atoms. The van der Waals surface area contributed by atoms with Gasteiger partial charge in [-0.3, -0.25) is 0 Å². The van der Waals surface area contributed by atoms with Crippen LogP contribution < -0.4 is 10.5 Å². The molecule has 1 aliphatic carbocycles. The number of rotatable bonds is 4. The molecule has 1 aliphatic rings. The highest BCUT2D eigenvalue weighted by molar-refractivity contribution is 6.30. The van der Waals surface area contributed by atoms with Crippen molar-refractivity contribution in [3.63, 3.8) is 0 Å². The van der Waals surface area contributed by atoms with E-state index < -0.39 is 0 Å². The predicted molar refractivity (Wildman–Crippen MR) is 87.1 cm³/mol. The van der Waals surface area contributed by atoms with Crippen molar-refractivity contribution in [3.8, 4) is 5.75 Å². The molecule has 0 heterocycles. The molecule has 1 atom stereocenters. The fourth-order valence-electron chi connectivity index (χ4n) is 2.84. The monoisotopic (exact) mass is 301 g/mol. The van der Waals surface area contributed by atoms with E-state index >= 15 is 0 Å². The first kappa shape index (κ1) is 14.4. The summed E-state index contributed by atoms with van der Waals surface area (Å²) in [5.74, 6) is 1.52. The Bertz CT molecular complexity index is 620. The van der Waals surface area contributed by atoms with Gasteiger partial charge in [-0.25, -0.2) is 0 Å². The minimum atomic E-state index is -0.228. The summed E-state index contributed by atoms with van der Waals surface area (Å²) in [6.07, 6.45) is 3.98. The lowest BCUT2D eigenvalue weighted by Crippen LogP contribution is -2.14. The zero-order chi connectivity index (χ0) is 14.8. The van der Waals surface area contributed by atoms with Crippen molar-refractivity contribution >= 4 is 11.6 Å². The van der Waals surface area contributed by atoms with Gasteiger partial charge in [-0.15, -0.1) is 0 Å². The molecule has 1 saturated carbocycles. The molecule has 0 aromatic heterocycles. The Balaban J connectivity index is 1.87. The van der Waals surface area contributed by atoms with E-state index in [1.54, 1.807) is 7.11 Å². The van der Waals surface area contributed by atoms with Crippen molar-refractivity contribution in [2.75, 3.05) is 7.11 Å². The van der Waals surface area contributed by atoms with Crippen LogP contribution in [0.15, 0.2) is 42.5 Å². The van der Waals surface area contributed by atoms with Gasteiger partial charge in [0, 0.05) is 10.6 Å². The van der Waals surface area contributed by atoms with Crippen LogP contribution in [0.25, 0.3) is 0 Å². The lowest BCUT2D eigenvalue weighted by Gasteiger charge is -2.26. The van der Waals surface area contributed by atoms with Gasteiger partial charge >= 0.3 is 0 Å². The van der Waals surface area contributed by atoms with Gasteiger partial charge in [0.2, 0.25) is 0 Å². The van der Waals surface area contributed by atoms with E-state index in [0.717, 1.165) is 22.8 Å². The standard InChI is InChI=1S/C18H20ClNO/c1-21-17-10-9-15(19)11-16(17)18(20)14-7-5-13(6-8-14)12-3-2-4-12/h5-12,18H,2-4,20H2,1H3. The molecule has 0 aliphatic heterocycles. The summed E-state index contributed by atoms with van der Waals surface area (Å²) in [5, 5.41) is 0.673. The number of nitrogens with two attached hydrogens (primary N) is 1. The molecule has 0 radical (unpaired) electrons. The zero-order valence-electron chi connectivity index (χ0n) is 12.2. The first-order valence-electron chi connectivity index (χ1n) is 7.38. The third-order valence-corrected chi connectivity index (χ3v) is 4.63. The smallest absolute Gasteiger partial charge is 0.124 e. The van der Waals surface area contributed by atoms with Gasteiger partial charge in [-0.2, -0.15) is 0 Å². The van der Waals surface area contributed by atoms with Gasteiger partial charge in [-0.05, 0) is 48.1 Å². The van der Waals surface area contributed by atoms with E-state index in [1.165, 1.54) is 24.8 Å². The largest absolute Gasteiger partial charge is 0.496 e. The number of ether oxygens (including phenoxy) is 1. The van der Waals surface area contributed by atoms with Gasteiger partial charge in [0.05, 0.1) is 13.2 Å². The number of halogens is 1. The fourth-order valence-corrected chi connectivity index (χ4v) is 3.03. The third-order valence-electron chi connectivity index (χ3n) is 4.40. The van der Waals surface area contributed by atoms with Gasteiger partial charge < -0.3 is 10.5 Å². The Hall–Kier alpha value is -1.51. The van der Waals surface area contributed by atoms with Crippen LogP contribution in [0.5, 0.6) is 5.75 Å². The van der Waals surface area contributed by atoms with Crippen LogP contribution in [-0.2, 0) is 0 Å². The second kappa shape index (κ2) is 6.08. The summed E-state index contributed by atoms with van der Waals surface area (Å²) >= 11 is 6.09. The summed E-state index contributed by atoms with van der Waals surface area (Å²) in [4.78, 5) is 0. The van der Waals surface area contributed by atoms with Gasteiger partial charge in [0.1, 0.15) is 5.75 Å². The molecule has 110 valence electrons. The number of methoxy groups -OCH3 is 1. The highest BCUT2D eigenvalue weighted by Gasteiger charge is 2.20. The van der Waals surface area contributed by atoms with Gasteiger partial charge in [-0.1, -0.05) is 42.3 Å². The van der Waals surface area contributed by atoms with Gasteiger partial charge in [0.25, 0.3) is 0 Å². The Labute approximate surface area is 130 Å². The lowest BCUT2D eigenvalue weighted by molar-refractivity contribution is 0.408. The quantitative estimate of drug-likeness (QED) is 0.891. The van der Waals surface area contributed by atoms with Crippen molar-refractivity contribution in [2.45, 2.75) is 31.2 Å². The minimum absolute atomic E-state index is 0.228. The van der Waals surface area contributed by atoms with Crippen molar-refractivity contribution in [1.82, 2.24) is 0 Å². The van der Waals surface area contributed by atoms with Crippen molar-refractivity contribution < 1.29 is 4.74 Å². The minimum Gasteiger partial charge on any atom is -0.496 e. The van der Waals surface area contributed by atoms with Crippen LogP contribution in [0.1, 0.15) is 47.9 Å². The number of hydrogen-bond donors (Lipinski definition) is 1. The number of hydrogen-bond acceptors (Lipinski definition) is 2. The molecule has 3 rings (SSSR count). The van der Waals surface area contributed by atoms with Crippen LogP contribution in [0, 0.1) is 0 Å². The maximum Gasteiger partial charge on any atom is 0.124 e. The van der Waals surface area contributed by atoms with E-state index in [-0.39, 0.29) is 6.04 Å². The predicted octanol–water partition coefficient (Wildman–Crippen LogP) is 4.66. The molecule has 1 unspecified atom stereocenters. The summed E-state index contributed by atoms with van der Waals surface area (Å²) in [6.45, 7) is 0. The molecule has 2 nitrogen and oxygen atoms in total. The molecule has 0 saturated heterocycles. The third kappa shape index (κ3) is 2.92. The van der Waals surface area contributed by atoms with Crippen LogP contribution in [0.4, 0.5) is 0 Å². The molecule has 21 heavy (non-hydrogen) atoms. The second-order valence-corrected chi connectivity index (χ2v) is 6.09. The zero-order valence-corrected chi connectivity index (χ0v) is 12.9. The normalized spacial score (nSPS) is 16.3. The molecule has 2 aromatic carbocycles. The average molecular weight is 302 g/mol. The molecule has 0 amide bonds. The van der Waals surface area contributed by atoms with E-state index in [4.69, 9.17) is 22.1 Å². The van der Waals surface area contributed by atoms with Crippen molar-refractivity contribution in [1.29, 1.82) is 0 Å². The first-order valence-corrected chi connectivity index (χ1v) is 7.75. The van der Waals surface area contributed by atoms with Crippen LogP contribution >= 0.6 is 11.6 Å². The molecular weight excluding hydrogens is 282 g/mol. The van der Waals surface area contributed by atoms with Crippen molar-refractivity contribution in [2.24, 2.45) is 5.73 Å². The lowest BCUT2D eigenvalue weighted by atomic mass is 9.79. The Morgan fingerprint density at radius 3 is 2.43 bits per heavy atom. The van der Waals surface area contributed by atoms with E-state index in [0.29, 0.717) is 5.02 Å². The summed E-state index contributed by atoms with van der Waals surface area (Å²) in [6, 6.07) is 14.0. The second-order valence-electron chi connectivity index (χ2n) is 5.66. The molecule has 0 bridgehead atoms. The maximum atomic E-state index is 6.40. The SMILES string of the molecule is COc1ccc(Cl)cc1C(N)c1ccc(C2CCC2)cc1. The number of benzene rings is 2. The molecule has 2 aromatic rings. The Kier molecular flexibility index (Phi) is 4.18. The van der Waals surface area contributed by atoms with Crippen LogP contribution in [-0.4, -0.2) is 7.11 Å². The summed E-state index contributed by atoms with van der Waals surface area (Å²) < 4.78 is 5.39. The van der Waals surface area contributed by atoms with Crippen molar-refractivity contribution in [3.05, 3.63) is 64.2 Å². The average Bonchev–Trinajstić information content (AvgIpc) is 2.45. The van der Waals surface area contributed by atoms with E-state index in [1.807, 2.05) is 18.2 Å². The van der Waals surface area contributed by atoms with E-state index in [2.05, 4.69) is 24.3 Å². The Morgan fingerprint density at radius 2 is 1.86 bits per heavy atom. The Morgan fingerprint density at radius 1 is 1.14 bits per heavy atom. The molecule has 3 heteroatoms. The van der Waals surface area contributed by atoms with Crippen LogP contribution in [0.3, 0.4) is 0 Å². The topological polar surface area (TPSA) is 35.2 Å². The summed E-state index contributed by atoms with van der Waals surface area (Å²) in [7, 11) is 1.65. The fraction of sp³-hybridized carbons (Fsp3) is 0.333. The molecule has 1 fully saturated rings. The highest BCUT2D eigenvalue weighted by atomic mass is 35.5. The van der Waals surface area contributed by atoms with Gasteiger partial charge in [0.15, 0.2) is 0 Å². The summed E-state index contributed by atoms with van der Waals surface area (Å²) in [5.41, 5.74) is 9.82. The molecule has 2 N–H and O–H groups in total. The van der Waals surface area contributed by atoms with Crippen LogP contribution in [0.2, 0.25) is 5.02 Å². The van der Waals surface area contributed by atoms with E-state index in [9.17, 15) is 0 Å². The maximum absolute atomic E-state index is 6.40. The molecular formula is C18H20ClNO. The first-order chi connectivity index (χ1) is 10.2.